The Balaban J connectivity index is 1.15. The van der Waals surface area contributed by atoms with Crippen LogP contribution in [0.4, 0.5) is 21.9 Å². The second-order valence-corrected chi connectivity index (χ2v) is 9.19. The summed E-state index contributed by atoms with van der Waals surface area (Å²) in [5, 5.41) is 10.8. The lowest BCUT2D eigenvalue weighted by Gasteiger charge is -2.36. The van der Waals surface area contributed by atoms with Crippen LogP contribution in [-0.2, 0) is 11.2 Å². The van der Waals surface area contributed by atoms with Crippen molar-refractivity contribution >= 4 is 40.0 Å². The number of hydrogen-bond acceptors (Lipinski definition) is 5. The zero-order valence-corrected chi connectivity index (χ0v) is 21.0. The molecule has 2 amide bonds. The van der Waals surface area contributed by atoms with Crippen molar-refractivity contribution in [2.75, 3.05) is 49.1 Å². The van der Waals surface area contributed by atoms with Gasteiger partial charge in [0.25, 0.3) is 5.91 Å². The third kappa shape index (κ3) is 5.42. The van der Waals surface area contributed by atoms with Crippen molar-refractivity contribution in [3.05, 3.63) is 84.6 Å². The van der Waals surface area contributed by atoms with Crippen molar-refractivity contribution in [3.63, 3.8) is 0 Å². The Morgan fingerprint density at radius 3 is 2.34 bits per heavy atom. The molecule has 4 N–H and O–H groups in total. The summed E-state index contributed by atoms with van der Waals surface area (Å²) in [6.45, 7) is 3.11. The molecule has 1 aliphatic heterocycles. The lowest BCUT2D eigenvalue weighted by Crippen LogP contribution is -2.50. The summed E-state index contributed by atoms with van der Waals surface area (Å²) in [4.78, 5) is 33.2. The molecule has 1 fully saturated rings. The van der Waals surface area contributed by atoms with Gasteiger partial charge in [0.2, 0.25) is 0 Å². The van der Waals surface area contributed by atoms with Gasteiger partial charge in [-0.25, -0.2) is 9.69 Å². The van der Waals surface area contributed by atoms with E-state index in [1.165, 1.54) is 4.90 Å². The zero-order valence-electron chi connectivity index (χ0n) is 21.0. The molecule has 9 nitrogen and oxygen atoms in total. The fraction of sp³-hybridized carbons (Fsp3) is 0.241. The molecule has 4 aromatic rings. The van der Waals surface area contributed by atoms with Gasteiger partial charge in [0.1, 0.15) is 5.75 Å². The molecule has 2 heterocycles. The average molecular weight is 514 g/mol. The van der Waals surface area contributed by atoms with Gasteiger partial charge in [-0.2, -0.15) is 0 Å². The van der Waals surface area contributed by atoms with E-state index in [0.29, 0.717) is 49.8 Å². The summed E-state index contributed by atoms with van der Waals surface area (Å²) in [7, 11) is 0. The molecule has 0 atom stereocenters. The maximum atomic E-state index is 12.8. The predicted molar refractivity (Wildman–Crippen MR) is 148 cm³/mol. The molecule has 0 radical (unpaired) electrons. The standard InChI is InChI=1S/C29H31N5O4/c30-13-12-21-19-31-27-11-10-25(18-26(21)27)38-20-28(35)33-16-14-32(15-17-33)22-6-8-24(9-7-22)34(29(36)37)23-4-2-1-3-5-23/h1-11,18-19,31H,12-17,20,30H2,(H,36,37). The van der Waals surface area contributed by atoms with Crippen molar-refractivity contribution in [1.29, 1.82) is 0 Å². The highest BCUT2D eigenvalue weighted by molar-refractivity contribution is 5.95. The summed E-state index contributed by atoms with van der Waals surface area (Å²) >= 11 is 0. The third-order valence-corrected chi connectivity index (χ3v) is 6.83. The van der Waals surface area contributed by atoms with Gasteiger partial charge in [-0.3, -0.25) is 4.79 Å². The molecule has 38 heavy (non-hydrogen) atoms. The third-order valence-electron chi connectivity index (χ3n) is 6.83. The van der Waals surface area contributed by atoms with Crippen LogP contribution in [0.5, 0.6) is 5.75 Å². The number of para-hydroxylation sites is 1. The number of anilines is 3. The normalized spacial score (nSPS) is 13.5. The van der Waals surface area contributed by atoms with Crippen LogP contribution in [0.15, 0.2) is 79.0 Å². The minimum Gasteiger partial charge on any atom is -0.484 e. The van der Waals surface area contributed by atoms with Gasteiger partial charge < -0.3 is 30.4 Å². The zero-order chi connectivity index (χ0) is 26.5. The average Bonchev–Trinajstić information content (AvgIpc) is 3.35. The van der Waals surface area contributed by atoms with Crippen molar-refractivity contribution < 1.29 is 19.4 Å². The molecule has 0 saturated carbocycles. The first-order chi connectivity index (χ1) is 18.5. The fourth-order valence-electron chi connectivity index (χ4n) is 4.82. The number of fused-ring (bicyclic) bond motifs is 1. The van der Waals surface area contributed by atoms with Crippen molar-refractivity contribution in [3.8, 4) is 5.75 Å². The Hall–Kier alpha value is -4.50. The highest BCUT2D eigenvalue weighted by Gasteiger charge is 2.23. The topological polar surface area (TPSA) is 115 Å². The summed E-state index contributed by atoms with van der Waals surface area (Å²) in [5.41, 5.74) is 10.0. The number of H-pyrrole nitrogens is 1. The number of nitrogens with zero attached hydrogens (tertiary/aromatic N) is 3. The van der Waals surface area contributed by atoms with Crippen LogP contribution in [0.2, 0.25) is 0 Å². The van der Waals surface area contributed by atoms with E-state index in [0.717, 1.165) is 28.6 Å². The van der Waals surface area contributed by atoms with Gasteiger partial charge in [0, 0.05) is 49.0 Å². The lowest BCUT2D eigenvalue weighted by atomic mass is 10.1. The number of carboxylic acid groups (broad SMARTS) is 1. The lowest BCUT2D eigenvalue weighted by molar-refractivity contribution is -0.133. The summed E-state index contributed by atoms with van der Waals surface area (Å²) < 4.78 is 5.83. The van der Waals surface area contributed by atoms with Crippen LogP contribution < -0.4 is 20.3 Å². The van der Waals surface area contributed by atoms with E-state index in [2.05, 4.69) is 9.88 Å². The van der Waals surface area contributed by atoms with Gasteiger partial charge in [0.15, 0.2) is 6.61 Å². The molecule has 196 valence electrons. The molecule has 1 aromatic heterocycles. The summed E-state index contributed by atoms with van der Waals surface area (Å²) in [6, 6.07) is 22.2. The molecule has 0 bridgehead atoms. The van der Waals surface area contributed by atoms with Crippen molar-refractivity contribution in [2.45, 2.75) is 6.42 Å². The number of carbonyl (C=O) groups excluding carboxylic acids is 1. The monoisotopic (exact) mass is 513 g/mol. The van der Waals surface area contributed by atoms with Crippen LogP contribution in [0, 0.1) is 0 Å². The number of nitrogens with one attached hydrogen (secondary N) is 1. The van der Waals surface area contributed by atoms with Gasteiger partial charge in [0.05, 0.1) is 11.4 Å². The smallest absolute Gasteiger partial charge is 0.416 e. The molecule has 1 saturated heterocycles. The molecule has 1 aliphatic rings. The van der Waals surface area contributed by atoms with Crippen LogP contribution in [-0.4, -0.2) is 66.3 Å². The predicted octanol–water partition coefficient (Wildman–Crippen LogP) is 4.21. The number of aromatic nitrogens is 1. The second-order valence-electron chi connectivity index (χ2n) is 9.19. The number of nitrogens with two attached hydrogens (primary N) is 1. The van der Waals surface area contributed by atoms with Gasteiger partial charge >= 0.3 is 6.09 Å². The van der Waals surface area contributed by atoms with Crippen LogP contribution >= 0.6 is 0 Å². The van der Waals surface area contributed by atoms with E-state index >= 15 is 0 Å². The van der Waals surface area contributed by atoms with Crippen molar-refractivity contribution in [1.82, 2.24) is 9.88 Å². The first kappa shape index (κ1) is 25.2. The molecule has 0 aliphatic carbocycles. The Morgan fingerprint density at radius 1 is 0.947 bits per heavy atom. The molecule has 5 rings (SSSR count). The van der Waals surface area contributed by atoms with E-state index in [9.17, 15) is 14.7 Å². The molecule has 3 aromatic carbocycles. The molecule has 0 unspecified atom stereocenters. The second kappa shape index (κ2) is 11.3. The van der Waals surface area contributed by atoms with Crippen LogP contribution in [0.3, 0.4) is 0 Å². The number of hydrogen-bond donors (Lipinski definition) is 3. The molecule has 9 heteroatoms. The summed E-state index contributed by atoms with van der Waals surface area (Å²) in [5.74, 6) is 0.615. The first-order valence-electron chi connectivity index (χ1n) is 12.7. The van der Waals surface area contributed by atoms with Gasteiger partial charge in [-0.05, 0) is 73.1 Å². The Morgan fingerprint density at radius 2 is 1.66 bits per heavy atom. The molecule has 0 spiro atoms. The number of carbonyl (C=O) groups is 2. The van der Waals surface area contributed by atoms with Gasteiger partial charge in [-0.15, -0.1) is 0 Å². The van der Waals surface area contributed by atoms with E-state index in [4.69, 9.17) is 10.5 Å². The van der Waals surface area contributed by atoms with E-state index in [-0.39, 0.29) is 12.5 Å². The molecular formula is C29H31N5O4. The largest absolute Gasteiger partial charge is 0.484 e. The quantitative estimate of drug-likeness (QED) is 0.325. The Labute approximate surface area is 221 Å². The maximum Gasteiger partial charge on any atom is 0.416 e. The Bertz CT molecular complexity index is 1400. The number of ether oxygens (including phenoxy) is 1. The minimum atomic E-state index is -1.04. The SMILES string of the molecule is NCCc1c[nH]c2ccc(OCC(=O)N3CCN(c4ccc(N(C(=O)O)c5ccccc5)cc4)CC3)cc12. The Kier molecular flexibility index (Phi) is 7.46. The van der Waals surface area contributed by atoms with E-state index in [1.54, 1.807) is 12.1 Å². The number of aromatic amines is 1. The number of benzene rings is 3. The highest BCUT2D eigenvalue weighted by Crippen LogP contribution is 2.28. The minimum absolute atomic E-state index is 0.0125. The number of rotatable bonds is 8. The number of piperazine rings is 1. The van der Waals surface area contributed by atoms with Crippen LogP contribution in [0.25, 0.3) is 10.9 Å². The maximum absolute atomic E-state index is 12.8. The van der Waals surface area contributed by atoms with Crippen LogP contribution in [0.1, 0.15) is 5.56 Å². The fourth-order valence-corrected chi connectivity index (χ4v) is 4.82. The highest BCUT2D eigenvalue weighted by atomic mass is 16.5. The summed E-state index contributed by atoms with van der Waals surface area (Å²) in [6.07, 6.45) is 1.70. The van der Waals surface area contributed by atoms with E-state index in [1.807, 2.05) is 71.8 Å². The van der Waals surface area contributed by atoms with E-state index < -0.39 is 6.09 Å². The molecular weight excluding hydrogens is 482 g/mol. The number of amides is 2. The van der Waals surface area contributed by atoms with Gasteiger partial charge in [-0.1, -0.05) is 18.2 Å². The van der Waals surface area contributed by atoms with Crippen molar-refractivity contribution in [2.24, 2.45) is 5.73 Å². The first-order valence-corrected chi connectivity index (χ1v) is 12.7.